The lowest BCUT2D eigenvalue weighted by Crippen LogP contribution is -2.21. The van der Waals surface area contributed by atoms with E-state index in [1.807, 2.05) is 0 Å². The topological polar surface area (TPSA) is 47.9 Å². The van der Waals surface area contributed by atoms with Crippen molar-refractivity contribution in [3.63, 3.8) is 0 Å². The molecule has 0 atom stereocenters. The first-order chi connectivity index (χ1) is 3.35. The van der Waals surface area contributed by atoms with Crippen LogP contribution in [0.2, 0.25) is 0 Å². The van der Waals surface area contributed by atoms with E-state index < -0.39 is 7.32 Å². The summed E-state index contributed by atoms with van der Waals surface area (Å²) < 4.78 is 8.71. The minimum absolute atomic E-state index is 0.958. The number of rotatable bonds is 3. The standard InChI is InChI=1S/C2H7BO4/c1-5-3(6-2)7-4/h4H,1-2H3. The predicted octanol–water partition coefficient (Wildman–Crippen LogP) is -0.246. The van der Waals surface area contributed by atoms with Crippen molar-refractivity contribution in [2.24, 2.45) is 0 Å². The number of hydrogen-bond donors (Lipinski definition) is 1. The van der Waals surface area contributed by atoms with Crippen LogP contribution in [0.1, 0.15) is 0 Å². The average molecular weight is 106 g/mol. The van der Waals surface area contributed by atoms with Crippen molar-refractivity contribution >= 4 is 7.32 Å². The summed E-state index contributed by atoms with van der Waals surface area (Å²) in [5, 5.41) is 7.78. The minimum atomic E-state index is -0.958. The Morgan fingerprint density at radius 3 is 1.71 bits per heavy atom. The van der Waals surface area contributed by atoms with Crippen LogP contribution in [0.25, 0.3) is 0 Å². The first-order valence-electron chi connectivity index (χ1n) is 1.71. The fourth-order valence-electron chi connectivity index (χ4n) is 0.182. The largest absolute Gasteiger partial charge is 0.667 e. The van der Waals surface area contributed by atoms with E-state index in [0.29, 0.717) is 0 Å². The van der Waals surface area contributed by atoms with Crippen molar-refractivity contribution in [2.75, 3.05) is 14.2 Å². The van der Waals surface area contributed by atoms with Crippen LogP contribution in [0.5, 0.6) is 0 Å². The molecule has 0 unspecified atom stereocenters. The van der Waals surface area contributed by atoms with Gasteiger partial charge in [-0.1, -0.05) is 0 Å². The molecule has 42 valence electrons. The third kappa shape index (κ3) is 2.58. The van der Waals surface area contributed by atoms with Gasteiger partial charge in [-0.3, -0.25) is 5.26 Å². The molecular formula is C2H7BO4. The molecule has 0 saturated carbocycles. The van der Waals surface area contributed by atoms with Crippen LogP contribution in [0.3, 0.4) is 0 Å². The van der Waals surface area contributed by atoms with E-state index in [2.05, 4.69) is 14.1 Å². The van der Waals surface area contributed by atoms with Crippen LogP contribution in [-0.4, -0.2) is 26.8 Å². The van der Waals surface area contributed by atoms with Gasteiger partial charge in [0.1, 0.15) is 0 Å². The molecule has 0 aliphatic heterocycles. The number of hydrogen-bond acceptors (Lipinski definition) is 4. The quantitative estimate of drug-likeness (QED) is 0.306. The highest BCUT2D eigenvalue weighted by atomic mass is 17.1. The lowest BCUT2D eigenvalue weighted by atomic mass is 10.2. The molecule has 0 spiro atoms. The van der Waals surface area contributed by atoms with Crippen molar-refractivity contribution in [3.05, 3.63) is 0 Å². The molecule has 0 amide bonds. The normalized spacial score (nSPS) is 9.00. The molecule has 0 aromatic carbocycles. The van der Waals surface area contributed by atoms with Crippen LogP contribution >= 0.6 is 0 Å². The maximum atomic E-state index is 7.78. The molecule has 7 heavy (non-hydrogen) atoms. The van der Waals surface area contributed by atoms with Gasteiger partial charge in [0.15, 0.2) is 0 Å². The second-order valence-electron chi connectivity index (χ2n) is 0.865. The predicted molar refractivity (Wildman–Crippen MR) is 23.5 cm³/mol. The fraction of sp³-hybridized carbons (Fsp3) is 1.00. The Morgan fingerprint density at radius 2 is 1.71 bits per heavy atom. The van der Waals surface area contributed by atoms with Crippen molar-refractivity contribution in [1.82, 2.24) is 0 Å². The molecule has 0 aromatic heterocycles. The Balaban J connectivity index is 2.99. The Kier molecular flexibility index (Phi) is 4.02. The molecule has 0 fully saturated rings. The molecule has 0 saturated heterocycles. The zero-order chi connectivity index (χ0) is 5.70. The molecule has 0 aromatic rings. The van der Waals surface area contributed by atoms with Gasteiger partial charge in [-0.05, 0) is 0 Å². The van der Waals surface area contributed by atoms with Crippen molar-refractivity contribution in [1.29, 1.82) is 0 Å². The van der Waals surface area contributed by atoms with E-state index >= 15 is 0 Å². The molecule has 0 bridgehead atoms. The van der Waals surface area contributed by atoms with Crippen LogP contribution < -0.4 is 0 Å². The lowest BCUT2D eigenvalue weighted by molar-refractivity contribution is -0.178. The summed E-state index contributed by atoms with van der Waals surface area (Å²) >= 11 is 0. The molecule has 0 aliphatic carbocycles. The van der Waals surface area contributed by atoms with Gasteiger partial charge in [0.05, 0.1) is 0 Å². The molecule has 0 radical (unpaired) electrons. The summed E-state index contributed by atoms with van der Waals surface area (Å²) in [7, 11) is 1.74. The summed E-state index contributed by atoms with van der Waals surface area (Å²) in [6, 6.07) is 0. The Bertz CT molecular complexity index is 31.2. The van der Waals surface area contributed by atoms with Crippen LogP contribution in [0, 0.1) is 0 Å². The Labute approximate surface area is 42.1 Å². The van der Waals surface area contributed by atoms with Crippen LogP contribution in [0.15, 0.2) is 0 Å². The third-order valence-corrected chi connectivity index (χ3v) is 0.471. The van der Waals surface area contributed by atoms with E-state index in [1.54, 1.807) is 0 Å². The van der Waals surface area contributed by atoms with Crippen molar-refractivity contribution < 1.29 is 19.4 Å². The van der Waals surface area contributed by atoms with E-state index in [0.717, 1.165) is 0 Å². The zero-order valence-electron chi connectivity index (χ0n) is 4.25. The van der Waals surface area contributed by atoms with E-state index in [-0.39, 0.29) is 0 Å². The fourth-order valence-corrected chi connectivity index (χ4v) is 0.182. The van der Waals surface area contributed by atoms with Gasteiger partial charge in [-0.15, -0.1) is 0 Å². The third-order valence-electron chi connectivity index (χ3n) is 0.471. The van der Waals surface area contributed by atoms with Gasteiger partial charge in [-0.25, -0.2) is 4.81 Å². The minimum Gasteiger partial charge on any atom is -0.387 e. The summed E-state index contributed by atoms with van der Waals surface area (Å²) in [6.07, 6.45) is 0. The molecule has 0 heterocycles. The molecule has 0 rings (SSSR count). The average Bonchev–Trinajstić information content (AvgIpc) is 1.72. The SMILES string of the molecule is COB(OC)OO. The van der Waals surface area contributed by atoms with Gasteiger partial charge in [0.2, 0.25) is 0 Å². The van der Waals surface area contributed by atoms with Crippen molar-refractivity contribution in [2.45, 2.75) is 0 Å². The van der Waals surface area contributed by atoms with Gasteiger partial charge >= 0.3 is 7.32 Å². The highest BCUT2D eigenvalue weighted by molar-refractivity contribution is 6.35. The maximum Gasteiger partial charge on any atom is 0.667 e. The summed E-state index contributed by atoms with van der Waals surface area (Å²) in [5.41, 5.74) is 0. The second kappa shape index (κ2) is 4.07. The first kappa shape index (κ1) is 6.90. The molecule has 5 heteroatoms. The Morgan fingerprint density at radius 1 is 1.29 bits per heavy atom. The monoisotopic (exact) mass is 106 g/mol. The first-order valence-corrected chi connectivity index (χ1v) is 1.71. The maximum absolute atomic E-state index is 7.78. The van der Waals surface area contributed by atoms with Crippen LogP contribution in [-0.2, 0) is 14.1 Å². The molecular weight excluding hydrogens is 98.8 g/mol. The lowest BCUT2D eigenvalue weighted by Gasteiger charge is -1.99. The smallest absolute Gasteiger partial charge is 0.387 e. The van der Waals surface area contributed by atoms with Crippen LogP contribution in [0.4, 0.5) is 0 Å². The van der Waals surface area contributed by atoms with Gasteiger partial charge in [0.25, 0.3) is 0 Å². The summed E-state index contributed by atoms with van der Waals surface area (Å²) in [5.74, 6) is 0. The molecule has 1 N–H and O–H groups in total. The van der Waals surface area contributed by atoms with E-state index in [9.17, 15) is 0 Å². The Hall–Kier alpha value is -0.0951. The molecule has 0 aliphatic rings. The van der Waals surface area contributed by atoms with E-state index in [4.69, 9.17) is 5.26 Å². The van der Waals surface area contributed by atoms with Crippen molar-refractivity contribution in [3.8, 4) is 0 Å². The molecule has 4 nitrogen and oxygen atoms in total. The summed E-state index contributed by atoms with van der Waals surface area (Å²) in [6.45, 7) is 0. The van der Waals surface area contributed by atoms with E-state index in [1.165, 1.54) is 14.2 Å². The highest BCUT2D eigenvalue weighted by Gasteiger charge is 2.15. The van der Waals surface area contributed by atoms with Gasteiger partial charge in [0, 0.05) is 14.2 Å². The second-order valence-corrected chi connectivity index (χ2v) is 0.865. The summed E-state index contributed by atoms with van der Waals surface area (Å²) in [4.78, 5) is 3.60. The zero-order valence-corrected chi connectivity index (χ0v) is 4.25. The van der Waals surface area contributed by atoms with Gasteiger partial charge in [-0.2, -0.15) is 0 Å². The van der Waals surface area contributed by atoms with Gasteiger partial charge < -0.3 is 9.31 Å². The highest BCUT2D eigenvalue weighted by Crippen LogP contribution is 1.80.